The van der Waals surface area contributed by atoms with Crippen LogP contribution in [-0.4, -0.2) is 26.8 Å². The van der Waals surface area contributed by atoms with Crippen LogP contribution in [0.5, 0.6) is 0 Å². The molecule has 3 rings (SSSR count). The first kappa shape index (κ1) is 13.0. The van der Waals surface area contributed by atoms with E-state index in [0.29, 0.717) is 16.9 Å². The average molecular weight is 287 g/mol. The van der Waals surface area contributed by atoms with Crippen molar-refractivity contribution in [2.75, 3.05) is 5.32 Å². The SMILES string of the molecule is Cn1nc(/C=C2\C(=O)Nc3ccc(F)cc32)cc1C(=O)O. The lowest BCUT2D eigenvalue weighted by Gasteiger charge is -1.97. The number of aromatic carboxylic acids is 1. The van der Waals surface area contributed by atoms with Gasteiger partial charge >= 0.3 is 5.97 Å². The van der Waals surface area contributed by atoms with Crippen molar-refractivity contribution in [2.45, 2.75) is 0 Å². The lowest BCUT2D eigenvalue weighted by atomic mass is 10.1. The van der Waals surface area contributed by atoms with E-state index >= 15 is 0 Å². The Hall–Kier alpha value is -2.96. The van der Waals surface area contributed by atoms with Crippen molar-refractivity contribution in [1.82, 2.24) is 9.78 Å². The highest BCUT2D eigenvalue weighted by Gasteiger charge is 2.25. The monoisotopic (exact) mass is 287 g/mol. The first-order valence-electron chi connectivity index (χ1n) is 6.06. The molecule has 7 heteroatoms. The van der Waals surface area contributed by atoms with Crippen molar-refractivity contribution in [3.63, 3.8) is 0 Å². The predicted octanol–water partition coefficient (Wildman–Crippen LogP) is 1.75. The number of aryl methyl sites for hydroxylation is 1. The third-order valence-electron chi connectivity index (χ3n) is 3.17. The zero-order chi connectivity index (χ0) is 15.1. The highest BCUT2D eigenvalue weighted by molar-refractivity contribution is 6.34. The van der Waals surface area contributed by atoms with Crippen LogP contribution in [0.3, 0.4) is 0 Å². The van der Waals surface area contributed by atoms with Crippen LogP contribution in [0.2, 0.25) is 0 Å². The van der Waals surface area contributed by atoms with Crippen LogP contribution in [0.15, 0.2) is 24.3 Å². The Kier molecular flexibility index (Phi) is 2.83. The molecule has 1 aromatic heterocycles. The number of benzene rings is 1. The summed E-state index contributed by atoms with van der Waals surface area (Å²) in [5.41, 5.74) is 1.51. The molecular weight excluding hydrogens is 277 g/mol. The molecule has 0 saturated heterocycles. The Bertz CT molecular complexity index is 808. The molecule has 0 atom stereocenters. The van der Waals surface area contributed by atoms with Crippen molar-refractivity contribution in [3.05, 3.63) is 47.0 Å². The molecule has 2 heterocycles. The molecule has 21 heavy (non-hydrogen) atoms. The minimum absolute atomic E-state index is 0.000259. The Morgan fingerprint density at radius 3 is 2.86 bits per heavy atom. The number of hydrogen-bond donors (Lipinski definition) is 2. The van der Waals surface area contributed by atoms with Gasteiger partial charge in [-0.15, -0.1) is 0 Å². The van der Waals surface area contributed by atoms with Crippen LogP contribution < -0.4 is 5.32 Å². The summed E-state index contributed by atoms with van der Waals surface area (Å²) in [6.07, 6.45) is 1.44. The molecule has 0 aliphatic carbocycles. The number of nitrogens with one attached hydrogen (secondary N) is 1. The fraction of sp³-hybridized carbons (Fsp3) is 0.0714. The number of carboxylic acid groups (broad SMARTS) is 1. The molecule has 1 amide bonds. The number of amides is 1. The Labute approximate surface area is 118 Å². The fourth-order valence-corrected chi connectivity index (χ4v) is 2.21. The van der Waals surface area contributed by atoms with Gasteiger partial charge in [0, 0.05) is 18.3 Å². The van der Waals surface area contributed by atoms with Gasteiger partial charge in [0.1, 0.15) is 11.5 Å². The van der Waals surface area contributed by atoms with Crippen LogP contribution in [0, 0.1) is 5.82 Å². The number of anilines is 1. The maximum Gasteiger partial charge on any atom is 0.354 e. The first-order valence-corrected chi connectivity index (χ1v) is 6.06. The Morgan fingerprint density at radius 2 is 2.19 bits per heavy atom. The van der Waals surface area contributed by atoms with Crippen molar-refractivity contribution in [2.24, 2.45) is 7.05 Å². The topological polar surface area (TPSA) is 84.2 Å². The number of hydrogen-bond acceptors (Lipinski definition) is 3. The van der Waals surface area contributed by atoms with Crippen molar-refractivity contribution in [3.8, 4) is 0 Å². The number of carboxylic acids is 1. The van der Waals surface area contributed by atoms with E-state index in [4.69, 9.17) is 5.11 Å². The fourth-order valence-electron chi connectivity index (χ4n) is 2.21. The molecule has 2 N–H and O–H groups in total. The Morgan fingerprint density at radius 1 is 1.43 bits per heavy atom. The molecule has 0 bridgehead atoms. The molecule has 0 saturated carbocycles. The minimum atomic E-state index is -1.11. The van der Waals surface area contributed by atoms with Gasteiger partial charge in [-0.2, -0.15) is 5.10 Å². The van der Waals surface area contributed by atoms with Crippen LogP contribution in [-0.2, 0) is 11.8 Å². The van der Waals surface area contributed by atoms with E-state index in [9.17, 15) is 14.0 Å². The molecule has 1 aliphatic heterocycles. The molecule has 0 radical (unpaired) electrons. The second-order valence-electron chi connectivity index (χ2n) is 4.59. The summed E-state index contributed by atoms with van der Waals surface area (Å²) in [5.74, 6) is -1.95. The van der Waals surface area contributed by atoms with Crippen molar-refractivity contribution >= 4 is 29.2 Å². The van der Waals surface area contributed by atoms with Gasteiger partial charge in [-0.05, 0) is 30.3 Å². The van der Waals surface area contributed by atoms with E-state index in [0.717, 1.165) is 0 Å². The highest BCUT2D eigenvalue weighted by atomic mass is 19.1. The number of rotatable bonds is 2. The summed E-state index contributed by atoms with van der Waals surface area (Å²) >= 11 is 0. The van der Waals surface area contributed by atoms with E-state index in [1.54, 1.807) is 0 Å². The van der Waals surface area contributed by atoms with E-state index in [1.807, 2.05) is 0 Å². The molecule has 106 valence electrons. The summed E-state index contributed by atoms with van der Waals surface area (Å²) in [4.78, 5) is 22.9. The lowest BCUT2D eigenvalue weighted by molar-refractivity contribution is -0.110. The van der Waals surface area contributed by atoms with Gasteiger partial charge in [-0.3, -0.25) is 9.48 Å². The maximum absolute atomic E-state index is 13.3. The van der Waals surface area contributed by atoms with E-state index < -0.39 is 11.8 Å². The van der Waals surface area contributed by atoms with Crippen LogP contribution >= 0.6 is 0 Å². The van der Waals surface area contributed by atoms with E-state index in [-0.39, 0.29) is 17.2 Å². The maximum atomic E-state index is 13.3. The number of halogens is 1. The van der Waals surface area contributed by atoms with Crippen LogP contribution in [0.25, 0.3) is 11.6 Å². The third kappa shape index (κ3) is 2.18. The van der Waals surface area contributed by atoms with Gasteiger partial charge in [-0.25, -0.2) is 9.18 Å². The van der Waals surface area contributed by atoms with Gasteiger partial charge in [0.05, 0.1) is 11.3 Å². The normalized spacial score (nSPS) is 15.1. The van der Waals surface area contributed by atoms with E-state index in [2.05, 4.69) is 10.4 Å². The second kappa shape index (κ2) is 4.55. The molecule has 1 aliphatic rings. The van der Waals surface area contributed by atoms with Crippen LogP contribution in [0.4, 0.5) is 10.1 Å². The molecule has 0 spiro atoms. The zero-order valence-corrected chi connectivity index (χ0v) is 10.9. The standard InChI is InChI=1S/C14H10FN3O3/c1-18-12(14(20)21)6-8(17-18)5-10-9-4-7(15)2-3-11(9)16-13(10)19/h2-6H,1H3,(H,16,19)(H,20,21)/b10-5-. The van der Waals surface area contributed by atoms with Gasteiger partial charge < -0.3 is 10.4 Å². The van der Waals surface area contributed by atoms with Gasteiger partial charge in [0.25, 0.3) is 5.91 Å². The summed E-state index contributed by atoms with van der Waals surface area (Å²) in [6.45, 7) is 0. The minimum Gasteiger partial charge on any atom is -0.477 e. The summed E-state index contributed by atoms with van der Waals surface area (Å²) in [7, 11) is 1.49. The lowest BCUT2D eigenvalue weighted by Crippen LogP contribution is -2.04. The zero-order valence-electron chi connectivity index (χ0n) is 10.9. The molecule has 2 aromatic rings. The van der Waals surface area contributed by atoms with E-state index in [1.165, 1.54) is 42.1 Å². The first-order chi connectivity index (χ1) is 9.95. The average Bonchev–Trinajstić information content (AvgIpc) is 2.92. The summed E-state index contributed by atoms with van der Waals surface area (Å²) < 4.78 is 14.5. The number of aromatic nitrogens is 2. The third-order valence-corrected chi connectivity index (χ3v) is 3.17. The predicted molar refractivity (Wildman–Crippen MR) is 73.1 cm³/mol. The highest BCUT2D eigenvalue weighted by Crippen LogP contribution is 2.33. The molecular formula is C14H10FN3O3. The number of carbonyl (C=O) groups excluding carboxylic acids is 1. The van der Waals surface area contributed by atoms with Crippen LogP contribution in [0.1, 0.15) is 21.7 Å². The largest absolute Gasteiger partial charge is 0.477 e. The Balaban J connectivity index is 2.08. The molecule has 6 nitrogen and oxygen atoms in total. The summed E-state index contributed by atoms with van der Waals surface area (Å²) in [5, 5.41) is 15.6. The number of fused-ring (bicyclic) bond motifs is 1. The van der Waals surface area contributed by atoms with Gasteiger partial charge in [-0.1, -0.05) is 0 Å². The summed E-state index contributed by atoms with van der Waals surface area (Å²) in [6, 6.07) is 5.33. The van der Waals surface area contributed by atoms with Crippen molar-refractivity contribution < 1.29 is 19.1 Å². The molecule has 0 unspecified atom stereocenters. The van der Waals surface area contributed by atoms with Crippen molar-refractivity contribution in [1.29, 1.82) is 0 Å². The smallest absolute Gasteiger partial charge is 0.354 e. The number of carbonyl (C=O) groups is 2. The molecule has 0 fully saturated rings. The second-order valence-corrected chi connectivity index (χ2v) is 4.59. The molecule has 1 aromatic carbocycles. The van der Waals surface area contributed by atoms with Gasteiger partial charge in [0.15, 0.2) is 0 Å². The van der Waals surface area contributed by atoms with Gasteiger partial charge in [0.2, 0.25) is 0 Å². The number of nitrogens with zero attached hydrogens (tertiary/aromatic N) is 2. The quantitative estimate of drug-likeness (QED) is 0.824.